The molecule has 0 bridgehead atoms. The van der Waals surface area contributed by atoms with Crippen LogP contribution in [0.4, 0.5) is 17.1 Å². The molecule has 39 heavy (non-hydrogen) atoms. The topological polar surface area (TPSA) is 29.5 Å². The first-order valence-corrected chi connectivity index (χ1v) is 13.1. The lowest BCUT2D eigenvalue weighted by Gasteiger charge is -2.28. The molecular formula is C36H23NO2. The van der Waals surface area contributed by atoms with Gasteiger partial charge in [0.2, 0.25) is 0 Å². The zero-order valence-electron chi connectivity index (χ0n) is 21.0. The molecule has 0 N–H and O–H groups in total. The molecular weight excluding hydrogens is 478 g/mol. The Balaban J connectivity index is 1.48. The second kappa shape index (κ2) is 8.64. The van der Waals surface area contributed by atoms with Crippen LogP contribution < -0.4 is 4.90 Å². The molecule has 0 aliphatic heterocycles. The molecule has 0 saturated heterocycles. The molecule has 6 aromatic carbocycles. The van der Waals surface area contributed by atoms with Gasteiger partial charge in [0.15, 0.2) is 5.58 Å². The molecule has 3 heteroatoms. The van der Waals surface area contributed by atoms with E-state index in [1.165, 1.54) is 0 Å². The molecule has 2 aromatic heterocycles. The molecule has 0 atom stereocenters. The molecule has 8 rings (SSSR count). The van der Waals surface area contributed by atoms with Crippen molar-refractivity contribution in [1.29, 1.82) is 0 Å². The largest absolute Gasteiger partial charge is 0.456 e. The summed E-state index contributed by atoms with van der Waals surface area (Å²) in [5.41, 5.74) is 8.72. The third kappa shape index (κ3) is 3.44. The lowest BCUT2D eigenvalue weighted by atomic mass is 9.99. The summed E-state index contributed by atoms with van der Waals surface area (Å²) in [7, 11) is 0. The number of anilines is 3. The first kappa shape index (κ1) is 21.8. The van der Waals surface area contributed by atoms with E-state index in [1.54, 1.807) is 0 Å². The number of fused-ring (bicyclic) bond motifs is 6. The quantitative estimate of drug-likeness (QED) is 0.240. The molecule has 0 aliphatic rings. The van der Waals surface area contributed by atoms with Crippen molar-refractivity contribution in [2.75, 3.05) is 4.90 Å². The maximum Gasteiger partial charge on any atom is 0.160 e. The minimum Gasteiger partial charge on any atom is -0.456 e. The van der Waals surface area contributed by atoms with Gasteiger partial charge in [-0.3, -0.25) is 0 Å². The lowest BCUT2D eigenvalue weighted by molar-refractivity contribution is 0.667. The van der Waals surface area contributed by atoms with Gasteiger partial charge in [0.1, 0.15) is 16.7 Å². The lowest BCUT2D eigenvalue weighted by Crippen LogP contribution is -2.11. The molecule has 3 nitrogen and oxygen atoms in total. The van der Waals surface area contributed by atoms with Crippen molar-refractivity contribution in [1.82, 2.24) is 0 Å². The van der Waals surface area contributed by atoms with Gasteiger partial charge in [0, 0.05) is 38.9 Å². The van der Waals surface area contributed by atoms with E-state index in [2.05, 4.69) is 108 Å². The number of furan rings is 2. The van der Waals surface area contributed by atoms with Crippen molar-refractivity contribution in [2.24, 2.45) is 0 Å². The SMILES string of the molecule is c1ccc(-c2ccc3c(oc4ccccc43)c2N(c2ccccc2)c2ccc3c(c2)oc2ccccc23)cc1. The summed E-state index contributed by atoms with van der Waals surface area (Å²) in [6.07, 6.45) is 0. The fraction of sp³-hybridized carbons (Fsp3) is 0. The normalized spacial score (nSPS) is 11.6. The standard InChI is InChI=1S/C36H23NO2/c1-3-11-24(12-4-1)27-21-22-31-29-16-8-10-18-33(29)39-36(31)35(27)37(25-13-5-2-6-14-25)26-19-20-30-28-15-7-9-17-32(28)38-34(30)23-26/h1-23H. The van der Waals surface area contributed by atoms with E-state index in [0.29, 0.717) is 0 Å². The summed E-state index contributed by atoms with van der Waals surface area (Å²) in [5, 5.41) is 4.42. The van der Waals surface area contributed by atoms with Crippen molar-refractivity contribution in [3.05, 3.63) is 140 Å². The van der Waals surface area contributed by atoms with Gasteiger partial charge in [-0.25, -0.2) is 0 Å². The Kier molecular flexibility index (Phi) is 4.82. The third-order valence-corrected chi connectivity index (χ3v) is 7.46. The Hall–Kier alpha value is -5.28. The summed E-state index contributed by atoms with van der Waals surface area (Å²) in [5.74, 6) is 0. The highest BCUT2D eigenvalue weighted by atomic mass is 16.3. The second-order valence-electron chi connectivity index (χ2n) is 9.75. The van der Waals surface area contributed by atoms with Gasteiger partial charge in [-0.15, -0.1) is 0 Å². The molecule has 184 valence electrons. The molecule has 0 fully saturated rings. The zero-order valence-corrected chi connectivity index (χ0v) is 21.0. The Labute approximate surface area is 225 Å². The molecule has 0 radical (unpaired) electrons. The molecule has 2 heterocycles. The fourth-order valence-electron chi connectivity index (χ4n) is 5.69. The summed E-state index contributed by atoms with van der Waals surface area (Å²) < 4.78 is 13.0. The maximum atomic E-state index is 6.64. The van der Waals surface area contributed by atoms with Gasteiger partial charge in [-0.05, 0) is 48.0 Å². The summed E-state index contributed by atoms with van der Waals surface area (Å²) in [6.45, 7) is 0. The molecule has 0 amide bonds. The minimum atomic E-state index is 0.853. The van der Waals surface area contributed by atoms with Gasteiger partial charge < -0.3 is 13.7 Å². The summed E-state index contributed by atoms with van der Waals surface area (Å²) in [4.78, 5) is 2.29. The van der Waals surface area contributed by atoms with Gasteiger partial charge in [-0.1, -0.05) is 91.0 Å². The van der Waals surface area contributed by atoms with Crippen molar-refractivity contribution >= 4 is 60.9 Å². The number of hydrogen-bond acceptors (Lipinski definition) is 3. The minimum absolute atomic E-state index is 0.853. The van der Waals surface area contributed by atoms with E-state index < -0.39 is 0 Å². The van der Waals surface area contributed by atoms with Crippen LogP contribution in [0, 0.1) is 0 Å². The highest BCUT2D eigenvalue weighted by Crippen LogP contribution is 2.48. The fourth-order valence-corrected chi connectivity index (χ4v) is 5.69. The van der Waals surface area contributed by atoms with Crippen LogP contribution in [0.3, 0.4) is 0 Å². The van der Waals surface area contributed by atoms with E-state index in [1.807, 2.05) is 36.4 Å². The first-order valence-electron chi connectivity index (χ1n) is 13.1. The van der Waals surface area contributed by atoms with Crippen LogP contribution in [-0.4, -0.2) is 0 Å². The summed E-state index contributed by atoms with van der Waals surface area (Å²) in [6, 6.07) is 48.3. The van der Waals surface area contributed by atoms with Gasteiger partial charge in [0.25, 0.3) is 0 Å². The van der Waals surface area contributed by atoms with Gasteiger partial charge in [0.05, 0.1) is 11.4 Å². The van der Waals surface area contributed by atoms with Crippen LogP contribution in [-0.2, 0) is 0 Å². The molecule has 0 aliphatic carbocycles. The molecule has 0 saturated carbocycles. The van der Waals surface area contributed by atoms with Crippen LogP contribution >= 0.6 is 0 Å². The second-order valence-corrected chi connectivity index (χ2v) is 9.75. The van der Waals surface area contributed by atoms with E-state index >= 15 is 0 Å². The van der Waals surface area contributed by atoms with Crippen LogP contribution in [0.25, 0.3) is 55.0 Å². The van der Waals surface area contributed by atoms with E-state index in [-0.39, 0.29) is 0 Å². The maximum absolute atomic E-state index is 6.64. The number of hydrogen-bond donors (Lipinski definition) is 0. The van der Waals surface area contributed by atoms with Crippen molar-refractivity contribution < 1.29 is 8.83 Å². The highest BCUT2D eigenvalue weighted by molar-refractivity contribution is 6.14. The predicted octanol–water partition coefficient (Wildman–Crippen LogP) is 10.6. The monoisotopic (exact) mass is 501 g/mol. The van der Waals surface area contributed by atoms with Crippen LogP contribution in [0.2, 0.25) is 0 Å². The van der Waals surface area contributed by atoms with Crippen LogP contribution in [0.5, 0.6) is 0 Å². The number of nitrogens with zero attached hydrogens (tertiary/aromatic N) is 1. The number of para-hydroxylation sites is 3. The Bertz CT molecular complexity index is 2120. The average molecular weight is 502 g/mol. The Morgan fingerprint density at radius 2 is 1.00 bits per heavy atom. The third-order valence-electron chi connectivity index (χ3n) is 7.46. The predicted molar refractivity (Wildman–Crippen MR) is 161 cm³/mol. The average Bonchev–Trinajstić information content (AvgIpc) is 3.57. The Morgan fingerprint density at radius 3 is 1.77 bits per heavy atom. The number of rotatable bonds is 4. The van der Waals surface area contributed by atoms with E-state index in [9.17, 15) is 0 Å². The molecule has 0 spiro atoms. The smallest absolute Gasteiger partial charge is 0.160 e. The van der Waals surface area contributed by atoms with Crippen LogP contribution in [0.1, 0.15) is 0 Å². The number of benzene rings is 6. The first-order chi connectivity index (χ1) is 19.3. The van der Waals surface area contributed by atoms with E-state index in [0.717, 1.165) is 72.1 Å². The van der Waals surface area contributed by atoms with Gasteiger partial charge in [-0.2, -0.15) is 0 Å². The van der Waals surface area contributed by atoms with Gasteiger partial charge >= 0.3 is 0 Å². The van der Waals surface area contributed by atoms with E-state index in [4.69, 9.17) is 8.83 Å². The molecule has 8 aromatic rings. The van der Waals surface area contributed by atoms with Crippen molar-refractivity contribution in [2.45, 2.75) is 0 Å². The summed E-state index contributed by atoms with van der Waals surface area (Å²) >= 11 is 0. The zero-order chi connectivity index (χ0) is 25.8. The van der Waals surface area contributed by atoms with Crippen molar-refractivity contribution in [3.8, 4) is 11.1 Å². The Morgan fingerprint density at radius 1 is 0.410 bits per heavy atom. The molecule has 0 unspecified atom stereocenters. The van der Waals surface area contributed by atoms with Crippen LogP contribution in [0.15, 0.2) is 148 Å². The highest BCUT2D eigenvalue weighted by Gasteiger charge is 2.24. The van der Waals surface area contributed by atoms with Crippen molar-refractivity contribution in [3.63, 3.8) is 0 Å².